The van der Waals surface area contributed by atoms with Gasteiger partial charge in [-0.15, -0.1) is 0 Å². The lowest BCUT2D eigenvalue weighted by atomic mass is 9.96. The van der Waals surface area contributed by atoms with E-state index in [1.54, 1.807) is 6.20 Å². The van der Waals surface area contributed by atoms with Crippen molar-refractivity contribution < 1.29 is 9.84 Å². The molecule has 0 amide bonds. The minimum Gasteiger partial charge on any atom is -0.392 e. The quantitative estimate of drug-likeness (QED) is 0.686. The first-order valence-electron chi connectivity index (χ1n) is 8.34. The topological polar surface area (TPSA) is 103 Å². The van der Waals surface area contributed by atoms with Gasteiger partial charge < -0.3 is 20.5 Å². The molecule has 0 aliphatic carbocycles. The fourth-order valence-corrected chi connectivity index (χ4v) is 3.13. The molecule has 1 saturated heterocycles. The Hall–Kier alpha value is -2.21. The first-order valence-corrected chi connectivity index (χ1v) is 9.14. The fourth-order valence-electron chi connectivity index (χ4n) is 2.76. The maximum Gasteiger partial charge on any atom is 0.229 e. The second-order valence-electron chi connectivity index (χ2n) is 6.16. The molecule has 136 valence electrons. The molecule has 1 aliphatic heterocycles. The number of aryl methyl sites for hydroxylation is 1. The van der Waals surface area contributed by atoms with Gasteiger partial charge in [0.2, 0.25) is 5.95 Å². The number of anilines is 3. The van der Waals surface area contributed by atoms with Crippen LogP contribution < -0.4 is 10.6 Å². The van der Waals surface area contributed by atoms with Crippen molar-refractivity contribution in [1.82, 2.24) is 9.97 Å². The molecule has 2 heterocycles. The molecular weight excluding hydrogens is 398 g/mol. The number of aliphatic hydroxyl groups excluding tert-OH is 1. The monoisotopic (exact) mass is 417 g/mol. The molecule has 7 nitrogen and oxygen atoms in total. The highest BCUT2D eigenvalue weighted by molar-refractivity contribution is 9.10. The van der Waals surface area contributed by atoms with Crippen molar-refractivity contribution in [3.63, 3.8) is 0 Å². The second-order valence-corrected chi connectivity index (χ2v) is 7.02. The third-order valence-corrected chi connectivity index (χ3v) is 5.06. The van der Waals surface area contributed by atoms with E-state index in [-0.39, 0.29) is 18.6 Å². The number of nitriles is 1. The Morgan fingerprint density at radius 1 is 1.46 bits per heavy atom. The Labute approximate surface area is 160 Å². The number of hydrogen-bond acceptors (Lipinski definition) is 7. The summed E-state index contributed by atoms with van der Waals surface area (Å²) in [6.07, 6.45) is 2.45. The Morgan fingerprint density at radius 3 is 3.08 bits per heavy atom. The molecule has 0 unspecified atom stereocenters. The minimum atomic E-state index is -0.104. The number of nitrogens with one attached hydrogen (secondary N) is 2. The lowest BCUT2D eigenvalue weighted by Crippen LogP contribution is -2.38. The zero-order chi connectivity index (χ0) is 18.5. The van der Waals surface area contributed by atoms with Crippen molar-refractivity contribution in [2.45, 2.75) is 26.0 Å². The largest absolute Gasteiger partial charge is 0.392 e. The van der Waals surface area contributed by atoms with Crippen molar-refractivity contribution in [3.8, 4) is 6.07 Å². The average molecular weight is 418 g/mol. The molecular formula is C18H20BrN5O2. The molecule has 26 heavy (non-hydrogen) atoms. The smallest absolute Gasteiger partial charge is 0.229 e. The summed E-state index contributed by atoms with van der Waals surface area (Å²) in [6.45, 7) is 2.95. The molecule has 1 fully saturated rings. The highest BCUT2D eigenvalue weighted by Gasteiger charge is 2.26. The van der Waals surface area contributed by atoms with Gasteiger partial charge in [0.1, 0.15) is 5.82 Å². The molecule has 3 rings (SSSR count). The Kier molecular flexibility index (Phi) is 6.04. The maximum absolute atomic E-state index is 9.38. The van der Waals surface area contributed by atoms with E-state index in [1.165, 1.54) is 0 Å². The van der Waals surface area contributed by atoms with Crippen LogP contribution in [0.4, 0.5) is 17.5 Å². The lowest BCUT2D eigenvalue weighted by molar-refractivity contribution is 0.0698. The molecule has 0 radical (unpaired) electrons. The number of hydrogen-bond donors (Lipinski definition) is 3. The number of rotatable bonds is 5. The summed E-state index contributed by atoms with van der Waals surface area (Å²) in [5.74, 6) is 1.01. The number of benzene rings is 1. The number of aromatic nitrogens is 2. The van der Waals surface area contributed by atoms with Crippen molar-refractivity contribution in [1.29, 1.82) is 5.26 Å². The summed E-state index contributed by atoms with van der Waals surface area (Å²) >= 11 is 3.40. The third-order valence-electron chi connectivity index (χ3n) is 4.29. The van der Waals surface area contributed by atoms with Crippen LogP contribution in [0, 0.1) is 24.2 Å². The van der Waals surface area contributed by atoms with Crippen LogP contribution in [0.25, 0.3) is 0 Å². The van der Waals surface area contributed by atoms with Gasteiger partial charge in [-0.2, -0.15) is 10.2 Å². The summed E-state index contributed by atoms with van der Waals surface area (Å²) in [7, 11) is 0. The zero-order valence-electron chi connectivity index (χ0n) is 14.4. The molecule has 3 N–H and O–H groups in total. The summed E-state index contributed by atoms with van der Waals surface area (Å²) in [6, 6.07) is 7.81. The highest BCUT2D eigenvalue weighted by atomic mass is 79.9. The summed E-state index contributed by atoms with van der Waals surface area (Å²) in [4.78, 5) is 8.85. The Bertz CT molecular complexity index is 824. The van der Waals surface area contributed by atoms with Crippen LogP contribution in [0.15, 0.2) is 28.9 Å². The van der Waals surface area contributed by atoms with Gasteiger partial charge in [-0.3, -0.25) is 0 Å². The van der Waals surface area contributed by atoms with Crippen molar-refractivity contribution in [2.75, 3.05) is 23.8 Å². The molecule has 2 atom stereocenters. The van der Waals surface area contributed by atoms with Crippen molar-refractivity contribution in [3.05, 3.63) is 40.0 Å². The number of aliphatic hydroxyl groups is 1. The molecule has 0 spiro atoms. The predicted octanol–water partition coefficient (Wildman–Crippen LogP) is 3.12. The van der Waals surface area contributed by atoms with Gasteiger partial charge in [0.15, 0.2) is 0 Å². The van der Waals surface area contributed by atoms with Gasteiger partial charge in [-0.1, -0.05) is 15.9 Å². The normalized spacial score (nSPS) is 19.6. The van der Waals surface area contributed by atoms with E-state index in [9.17, 15) is 10.4 Å². The molecule has 0 saturated carbocycles. The Balaban J connectivity index is 1.78. The van der Waals surface area contributed by atoms with E-state index in [1.807, 2.05) is 25.1 Å². The van der Waals surface area contributed by atoms with Crippen LogP contribution in [0.5, 0.6) is 0 Å². The lowest BCUT2D eigenvalue weighted by Gasteiger charge is -2.28. The van der Waals surface area contributed by atoms with Gasteiger partial charge in [0.05, 0.1) is 31.2 Å². The standard InChI is InChI=1S/C18H20BrN5O2/c1-11-8-21-18(22-14-2-3-15(19)13(6-14)9-25)24-17(11)23-16-10-26-5-4-12(16)7-20/h2-3,6,8,12,16,25H,4-5,9-10H2,1H3,(H2,21,22,23,24)/t12-,16+/m0/s1. The van der Waals surface area contributed by atoms with E-state index in [2.05, 4.69) is 42.6 Å². The van der Waals surface area contributed by atoms with Gasteiger partial charge >= 0.3 is 0 Å². The van der Waals surface area contributed by atoms with Crippen LogP contribution in [0.3, 0.4) is 0 Å². The maximum atomic E-state index is 9.38. The second kappa shape index (κ2) is 8.45. The van der Waals surface area contributed by atoms with Crippen molar-refractivity contribution in [2.24, 2.45) is 5.92 Å². The van der Waals surface area contributed by atoms with Crippen LogP contribution in [0.2, 0.25) is 0 Å². The van der Waals surface area contributed by atoms with Crippen LogP contribution in [-0.4, -0.2) is 34.3 Å². The number of halogens is 1. The van der Waals surface area contributed by atoms with Gasteiger partial charge in [0.25, 0.3) is 0 Å². The van der Waals surface area contributed by atoms with Gasteiger partial charge in [0, 0.05) is 28.5 Å². The first kappa shape index (κ1) is 18.6. The summed E-state index contributed by atoms with van der Waals surface area (Å²) in [5, 5.41) is 25.2. The first-order chi connectivity index (χ1) is 12.6. The van der Waals surface area contributed by atoms with Crippen molar-refractivity contribution >= 4 is 33.4 Å². The van der Waals surface area contributed by atoms with E-state index >= 15 is 0 Å². The number of ether oxygens (including phenoxy) is 1. The summed E-state index contributed by atoms with van der Waals surface area (Å²) < 4.78 is 6.33. The van der Waals surface area contributed by atoms with E-state index in [0.717, 1.165) is 21.3 Å². The molecule has 0 bridgehead atoms. The van der Waals surface area contributed by atoms with Crippen LogP contribution >= 0.6 is 15.9 Å². The van der Waals surface area contributed by atoms with E-state index in [4.69, 9.17) is 4.74 Å². The SMILES string of the molecule is Cc1cnc(Nc2ccc(Br)c(CO)c2)nc1N[C@@H]1COCC[C@H]1C#N. The highest BCUT2D eigenvalue weighted by Crippen LogP contribution is 2.25. The summed E-state index contributed by atoms with van der Waals surface area (Å²) in [5.41, 5.74) is 2.45. The molecule has 1 aliphatic rings. The Morgan fingerprint density at radius 2 is 2.31 bits per heavy atom. The average Bonchev–Trinajstić information content (AvgIpc) is 2.66. The third kappa shape index (κ3) is 4.30. The fraction of sp³-hybridized carbons (Fsp3) is 0.389. The predicted molar refractivity (Wildman–Crippen MR) is 102 cm³/mol. The molecule has 2 aromatic rings. The number of nitrogens with zero attached hydrogens (tertiary/aromatic N) is 3. The minimum absolute atomic E-state index is 0.0606. The zero-order valence-corrected chi connectivity index (χ0v) is 16.0. The molecule has 1 aromatic carbocycles. The van der Waals surface area contributed by atoms with Gasteiger partial charge in [-0.25, -0.2) is 4.98 Å². The van der Waals surface area contributed by atoms with E-state index < -0.39 is 0 Å². The van der Waals surface area contributed by atoms with Crippen LogP contribution in [0.1, 0.15) is 17.5 Å². The van der Waals surface area contributed by atoms with E-state index in [0.29, 0.717) is 31.4 Å². The van der Waals surface area contributed by atoms with Gasteiger partial charge in [-0.05, 0) is 37.1 Å². The molecule has 8 heteroatoms. The molecule has 1 aromatic heterocycles. The van der Waals surface area contributed by atoms with Crippen LogP contribution in [-0.2, 0) is 11.3 Å².